The molecule has 261 valence electrons. The fraction of sp³-hybridized carbons (Fsp3) is 0.897. The molecule has 6 nitrogen and oxygen atoms in total. The maximum Gasteiger partial charge on any atom is 0.407 e. The molecule has 1 heterocycles. The first kappa shape index (κ1) is 40.1. The molecule has 4 fully saturated rings. The molecule has 1 radical (unpaired) electrons. The molecule has 5 aliphatic rings. The number of ether oxygens (including phenoxy) is 1. The van der Waals surface area contributed by atoms with Gasteiger partial charge in [-0.25, -0.2) is 4.79 Å². The first-order chi connectivity index (χ1) is 21.6. The Balaban J connectivity index is 0.000000559. The molecule has 0 aromatic heterocycles. The van der Waals surface area contributed by atoms with Crippen LogP contribution in [0.2, 0.25) is 0 Å². The van der Waals surface area contributed by atoms with E-state index in [0.29, 0.717) is 36.4 Å². The Morgan fingerprint density at radius 2 is 1.87 bits per heavy atom. The number of nitrogens with zero attached hydrogens (tertiary/aromatic N) is 1. The number of unbranched alkanes of at least 4 members (excludes halogenated alkanes) is 4. The van der Waals surface area contributed by atoms with Crippen LogP contribution in [0.3, 0.4) is 0 Å². The van der Waals surface area contributed by atoms with E-state index in [1.54, 1.807) is 5.57 Å². The molecular weight excluding hydrogens is 649 g/mol. The molecule has 0 aromatic carbocycles. The smallest absolute Gasteiger partial charge is 0.407 e. The van der Waals surface area contributed by atoms with E-state index in [2.05, 4.69) is 51.0 Å². The standard InChI is InChI=1S/C33H55NO3.C6H13NO.Y/c1-24(2)11-7-8-12-25-14-16-29-28-15-13-26-23-27(37-31(36)34-21-9-5-6-10-22-35)17-19-33(26,4)30(28)18-20-32(25,29)3;1-7-4-2-3-6(7)5-8;/h13,22,24-25,27-30H,5-12,14-21,23H2,1-4H3,(H,34,36);6,8H,2-5H2,1H3;. The number of hydrogen-bond acceptors (Lipinski definition) is 5. The van der Waals surface area contributed by atoms with E-state index < -0.39 is 0 Å². The van der Waals surface area contributed by atoms with Crippen LogP contribution < -0.4 is 5.32 Å². The van der Waals surface area contributed by atoms with Crippen molar-refractivity contribution in [2.45, 2.75) is 155 Å². The van der Waals surface area contributed by atoms with Crippen molar-refractivity contribution in [2.75, 3.05) is 26.7 Å². The summed E-state index contributed by atoms with van der Waals surface area (Å²) in [5.41, 5.74) is 2.44. The van der Waals surface area contributed by atoms with Gasteiger partial charge in [-0.1, -0.05) is 65.0 Å². The number of aliphatic hydroxyl groups is 1. The van der Waals surface area contributed by atoms with Gasteiger partial charge in [0.05, 0.1) is 6.61 Å². The van der Waals surface area contributed by atoms with Crippen molar-refractivity contribution in [1.29, 1.82) is 0 Å². The number of likely N-dealkylation sites (tertiary alicyclic amines) is 1. The fourth-order valence-corrected chi connectivity index (χ4v) is 10.4. The molecule has 3 saturated carbocycles. The second-order valence-electron chi connectivity index (χ2n) is 16.4. The van der Waals surface area contributed by atoms with Crippen LogP contribution in [-0.4, -0.2) is 61.3 Å². The van der Waals surface area contributed by atoms with Gasteiger partial charge in [-0.3, -0.25) is 0 Å². The van der Waals surface area contributed by atoms with Gasteiger partial charge in [0.25, 0.3) is 0 Å². The van der Waals surface area contributed by atoms with Crippen molar-refractivity contribution >= 4 is 12.4 Å². The van der Waals surface area contributed by atoms with E-state index in [-0.39, 0.29) is 44.9 Å². The van der Waals surface area contributed by atoms with Gasteiger partial charge in [0.2, 0.25) is 0 Å². The third-order valence-electron chi connectivity index (χ3n) is 13.3. The van der Waals surface area contributed by atoms with Crippen LogP contribution in [0, 0.1) is 40.4 Å². The molecule has 7 heteroatoms. The molecule has 5 rings (SSSR count). The van der Waals surface area contributed by atoms with E-state index in [9.17, 15) is 9.59 Å². The number of amides is 1. The molecule has 0 bridgehead atoms. The van der Waals surface area contributed by atoms with E-state index >= 15 is 0 Å². The van der Waals surface area contributed by atoms with Crippen molar-refractivity contribution < 1.29 is 52.1 Å². The zero-order valence-corrected chi connectivity index (χ0v) is 33.1. The number of likely N-dealkylation sites (N-methyl/N-ethyl adjacent to an activating group) is 1. The third-order valence-corrected chi connectivity index (χ3v) is 13.3. The van der Waals surface area contributed by atoms with Crippen LogP contribution in [-0.2, 0) is 42.2 Å². The van der Waals surface area contributed by atoms with E-state index in [4.69, 9.17) is 9.84 Å². The Bertz CT molecular complexity index is 974. The maximum absolute atomic E-state index is 12.4. The number of alkyl carbamates (subject to hydrolysis) is 1. The quantitative estimate of drug-likeness (QED) is 0.113. The minimum Gasteiger partial charge on any atom is -0.446 e. The summed E-state index contributed by atoms with van der Waals surface area (Å²) in [5.74, 6) is 4.35. The van der Waals surface area contributed by atoms with Crippen molar-refractivity contribution in [1.82, 2.24) is 10.2 Å². The Morgan fingerprint density at radius 1 is 1.07 bits per heavy atom. The number of nitrogens with one attached hydrogen (secondary N) is 1. The topological polar surface area (TPSA) is 78.9 Å². The molecular formula is C39H68N2O4Y. The Hall–Kier alpha value is -0.296. The summed E-state index contributed by atoms with van der Waals surface area (Å²) in [6, 6.07) is 0.454. The summed E-state index contributed by atoms with van der Waals surface area (Å²) in [5, 5.41) is 11.6. The number of carbonyl (C=O) groups excluding carboxylic acids is 2. The van der Waals surface area contributed by atoms with Gasteiger partial charge >= 0.3 is 6.09 Å². The number of allylic oxidation sites excluding steroid dienone is 1. The Morgan fingerprint density at radius 3 is 2.54 bits per heavy atom. The zero-order valence-electron chi connectivity index (χ0n) is 30.2. The van der Waals surface area contributed by atoms with Crippen LogP contribution in [0.15, 0.2) is 11.6 Å². The first-order valence-corrected chi connectivity index (χ1v) is 19.0. The summed E-state index contributed by atoms with van der Waals surface area (Å²) >= 11 is 0. The maximum atomic E-state index is 12.4. The number of hydrogen-bond donors (Lipinski definition) is 2. The number of rotatable bonds is 13. The summed E-state index contributed by atoms with van der Waals surface area (Å²) in [7, 11) is 2.06. The monoisotopic (exact) mass is 717 g/mol. The second kappa shape index (κ2) is 19.2. The number of aliphatic hydroxyl groups excluding tert-OH is 1. The van der Waals surface area contributed by atoms with E-state index in [1.165, 1.54) is 70.6 Å². The molecule has 0 aromatic rings. The first-order valence-electron chi connectivity index (χ1n) is 19.0. The number of carbonyl (C=O) groups is 2. The van der Waals surface area contributed by atoms with Gasteiger partial charge in [-0.15, -0.1) is 0 Å². The van der Waals surface area contributed by atoms with Crippen molar-refractivity contribution in [3.05, 3.63) is 11.6 Å². The van der Waals surface area contributed by atoms with Crippen molar-refractivity contribution in [2.24, 2.45) is 40.4 Å². The Labute approximate surface area is 307 Å². The summed E-state index contributed by atoms with van der Waals surface area (Å²) in [4.78, 5) is 25.0. The second-order valence-corrected chi connectivity index (χ2v) is 16.4. The van der Waals surface area contributed by atoms with E-state index in [0.717, 1.165) is 80.9 Å². The summed E-state index contributed by atoms with van der Waals surface area (Å²) in [6.45, 7) is 12.0. The third kappa shape index (κ3) is 10.1. The molecule has 0 spiro atoms. The van der Waals surface area contributed by atoms with E-state index in [1.807, 2.05) is 0 Å². The zero-order chi connectivity index (χ0) is 32.5. The summed E-state index contributed by atoms with van der Waals surface area (Å²) < 4.78 is 5.86. The SMILES string of the molecule is CC(C)CCCCC1CCC2C3CC=C4CC(OC(=O)NCCCCCC=O)CCC4(C)C3CCC12C.CN1CCCC1CO.[Y]. The normalized spacial score (nSPS) is 35.1. The molecule has 1 aliphatic heterocycles. The van der Waals surface area contributed by atoms with Gasteiger partial charge in [-0.2, -0.15) is 0 Å². The Kier molecular flexibility index (Phi) is 16.7. The van der Waals surface area contributed by atoms with Gasteiger partial charge < -0.3 is 24.9 Å². The van der Waals surface area contributed by atoms with Crippen LogP contribution >= 0.6 is 0 Å². The van der Waals surface area contributed by atoms with Crippen LogP contribution in [0.25, 0.3) is 0 Å². The molecule has 8 atom stereocenters. The summed E-state index contributed by atoms with van der Waals surface area (Å²) in [6.07, 6.45) is 24.8. The number of aldehydes is 1. The molecule has 46 heavy (non-hydrogen) atoms. The van der Waals surface area contributed by atoms with Crippen molar-refractivity contribution in [3.63, 3.8) is 0 Å². The van der Waals surface area contributed by atoms with Gasteiger partial charge in [0, 0.05) is 58.1 Å². The van der Waals surface area contributed by atoms with Crippen molar-refractivity contribution in [3.8, 4) is 0 Å². The van der Waals surface area contributed by atoms with Gasteiger partial charge in [-0.05, 0) is 131 Å². The minimum absolute atomic E-state index is 0. The van der Waals surface area contributed by atoms with Crippen LogP contribution in [0.1, 0.15) is 143 Å². The average molecular weight is 718 g/mol. The molecule has 1 saturated heterocycles. The van der Waals surface area contributed by atoms with Crippen LogP contribution in [0.5, 0.6) is 0 Å². The van der Waals surface area contributed by atoms with Gasteiger partial charge in [0.15, 0.2) is 0 Å². The fourth-order valence-electron chi connectivity index (χ4n) is 10.4. The van der Waals surface area contributed by atoms with Gasteiger partial charge in [0.1, 0.15) is 12.4 Å². The van der Waals surface area contributed by atoms with Crippen LogP contribution in [0.4, 0.5) is 4.79 Å². The molecule has 4 aliphatic carbocycles. The largest absolute Gasteiger partial charge is 0.446 e. The molecule has 2 N–H and O–H groups in total. The molecule has 8 unspecified atom stereocenters. The minimum atomic E-state index is -0.267. The predicted molar refractivity (Wildman–Crippen MR) is 184 cm³/mol. The molecule has 1 amide bonds. The average Bonchev–Trinajstić information content (AvgIpc) is 3.59. The number of fused-ring (bicyclic) bond motifs is 5. The predicted octanol–water partition coefficient (Wildman–Crippen LogP) is 8.71.